The van der Waals surface area contributed by atoms with Gasteiger partial charge in [-0.2, -0.15) is 0 Å². The quantitative estimate of drug-likeness (QED) is 0.653. The molecule has 7 heteroatoms. The third-order valence-corrected chi connectivity index (χ3v) is 2.01. The first-order chi connectivity index (χ1) is 7.97. The lowest BCUT2D eigenvalue weighted by Gasteiger charge is -2.06. The van der Waals surface area contributed by atoms with E-state index in [1.54, 1.807) is 6.92 Å². The van der Waals surface area contributed by atoms with Crippen LogP contribution in [0.2, 0.25) is 0 Å². The van der Waals surface area contributed by atoms with E-state index >= 15 is 0 Å². The van der Waals surface area contributed by atoms with Crippen LogP contribution < -0.4 is 5.32 Å². The summed E-state index contributed by atoms with van der Waals surface area (Å²) in [5, 5.41) is 12.6. The summed E-state index contributed by atoms with van der Waals surface area (Å²) in [6, 6.07) is 1.45. The lowest BCUT2D eigenvalue weighted by molar-refractivity contribution is -0.384. The molecule has 1 aromatic carbocycles. The summed E-state index contributed by atoms with van der Waals surface area (Å²) in [7, 11) is 0. The molecule has 0 fully saturated rings. The lowest BCUT2D eigenvalue weighted by Crippen LogP contribution is -2.14. The molecular formula is C10H10F2N2O3. The number of amides is 1. The number of benzene rings is 1. The van der Waals surface area contributed by atoms with Crippen LogP contribution >= 0.6 is 0 Å². The van der Waals surface area contributed by atoms with E-state index in [1.807, 2.05) is 5.32 Å². The number of halogens is 2. The number of hydrogen-bond acceptors (Lipinski definition) is 3. The topological polar surface area (TPSA) is 72.2 Å². The molecule has 1 aromatic rings. The number of anilines is 1. The molecule has 5 nitrogen and oxygen atoms in total. The second-order valence-corrected chi connectivity index (χ2v) is 3.31. The maximum absolute atomic E-state index is 13.3. The molecule has 0 aromatic heterocycles. The average Bonchev–Trinajstić information content (AvgIpc) is 2.25. The zero-order chi connectivity index (χ0) is 13.0. The minimum Gasteiger partial charge on any atom is -0.318 e. The van der Waals surface area contributed by atoms with Crippen LogP contribution in [0.5, 0.6) is 0 Å². The fourth-order valence-electron chi connectivity index (χ4n) is 1.24. The summed E-state index contributed by atoms with van der Waals surface area (Å²) in [4.78, 5) is 20.9. The van der Waals surface area contributed by atoms with Crippen molar-refractivity contribution in [1.82, 2.24) is 0 Å². The summed E-state index contributed by atoms with van der Waals surface area (Å²) in [5.74, 6) is -3.27. The molecule has 0 atom stereocenters. The van der Waals surface area contributed by atoms with Crippen LogP contribution in [0.15, 0.2) is 12.1 Å². The Labute approximate surface area is 95.6 Å². The van der Waals surface area contributed by atoms with E-state index < -0.39 is 33.8 Å². The van der Waals surface area contributed by atoms with Gasteiger partial charge in [0, 0.05) is 12.5 Å². The Morgan fingerprint density at radius 3 is 2.65 bits per heavy atom. The van der Waals surface area contributed by atoms with Crippen molar-refractivity contribution < 1.29 is 18.5 Å². The second-order valence-electron chi connectivity index (χ2n) is 3.31. The summed E-state index contributed by atoms with van der Waals surface area (Å²) in [6.45, 7) is 1.72. The van der Waals surface area contributed by atoms with Crippen molar-refractivity contribution in [1.29, 1.82) is 0 Å². The summed E-state index contributed by atoms with van der Waals surface area (Å²) in [6.07, 6.45) is 0.573. The highest BCUT2D eigenvalue weighted by Gasteiger charge is 2.22. The van der Waals surface area contributed by atoms with Gasteiger partial charge in [0.25, 0.3) is 5.69 Å². The third kappa shape index (κ3) is 2.96. The van der Waals surface area contributed by atoms with E-state index in [1.165, 1.54) is 0 Å². The summed E-state index contributed by atoms with van der Waals surface area (Å²) >= 11 is 0. The van der Waals surface area contributed by atoms with Crippen LogP contribution in [0.1, 0.15) is 19.8 Å². The molecule has 0 spiro atoms. The average molecular weight is 244 g/mol. The molecule has 0 saturated carbocycles. The first-order valence-corrected chi connectivity index (χ1v) is 4.89. The Morgan fingerprint density at radius 1 is 1.47 bits per heavy atom. The van der Waals surface area contributed by atoms with Crippen molar-refractivity contribution in [2.45, 2.75) is 19.8 Å². The Balaban J connectivity index is 3.14. The molecule has 1 amide bonds. The smallest absolute Gasteiger partial charge is 0.296 e. The van der Waals surface area contributed by atoms with E-state index in [4.69, 9.17) is 0 Å². The molecule has 0 aliphatic rings. The Morgan fingerprint density at radius 2 is 2.12 bits per heavy atom. The van der Waals surface area contributed by atoms with Crippen LogP contribution in [0.25, 0.3) is 0 Å². The Hall–Kier alpha value is -2.05. The lowest BCUT2D eigenvalue weighted by atomic mass is 10.2. The number of nitro benzene ring substituents is 1. The van der Waals surface area contributed by atoms with Gasteiger partial charge in [0.05, 0.1) is 4.92 Å². The predicted octanol–water partition coefficient (Wildman–Crippen LogP) is 2.61. The van der Waals surface area contributed by atoms with Crippen LogP contribution in [-0.2, 0) is 4.79 Å². The van der Waals surface area contributed by atoms with Gasteiger partial charge in [-0.25, -0.2) is 8.78 Å². The summed E-state index contributed by atoms with van der Waals surface area (Å²) < 4.78 is 26.2. The predicted molar refractivity (Wildman–Crippen MR) is 56.6 cm³/mol. The van der Waals surface area contributed by atoms with Crippen LogP contribution in [-0.4, -0.2) is 10.8 Å². The highest BCUT2D eigenvalue weighted by molar-refractivity contribution is 5.93. The zero-order valence-corrected chi connectivity index (χ0v) is 9.00. The molecule has 1 rings (SSSR count). The van der Waals surface area contributed by atoms with Crippen molar-refractivity contribution in [3.05, 3.63) is 33.9 Å². The van der Waals surface area contributed by atoms with Crippen molar-refractivity contribution >= 4 is 17.3 Å². The van der Waals surface area contributed by atoms with Crippen LogP contribution in [0.3, 0.4) is 0 Å². The number of rotatable bonds is 4. The van der Waals surface area contributed by atoms with Gasteiger partial charge < -0.3 is 5.32 Å². The van der Waals surface area contributed by atoms with Crippen molar-refractivity contribution in [2.24, 2.45) is 0 Å². The molecule has 92 valence electrons. The molecular weight excluding hydrogens is 234 g/mol. The number of nitro groups is 1. The first kappa shape index (κ1) is 13.0. The molecule has 0 aliphatic heterocycles. The Kier molecular flexibility index (Phi) is 4.08. The highest BCUT2D eigenvalue weighted by atomic mass is 19.2. The monoisotopic (exact) mass is 244 g/mol. The number of hydrogen-bond donors (Lipinski definition) is 1. The van der Waals surface area contributed by atoms with Gasteiger partial charge in [-0.3, -0.25) is 14.9 Å². The Bertz CT molecular complexity index is 463. The van der Waals surface area contributed by atoms with Gasteiger partial charge in [-0.05, 0) is 12.5 Å². The van der Waals surface area contributed by atoms with E-state index in [-0.39, 0.29) is 6.42 Å². The number of carbonyl (C=O) groups is 1. The second kappa shape index (κ2) is 5.33. The standard InChI is InChI=1S/C10H10F2N2O3/c1-2-3-8(15)13-10-7(14(16)17)5-4-6(11)9(10)12/h4-5H,2-3H2,1H3,(H,13,15). The van der Waals surface area contributed by atoms with E-state index in [2.05, 4.69) is 0 Å². The van der Waals surface area contributed by atoms with Crippen molar-refractivity contribution in [2.75, 3.05) is 5.32 Å². The molecule has 1 N–H and O–H groups in total. The van der Waals surface area contributed by atoms with Gasteiger partial charge in [0.15, 0.2) is 17.3 Å². The number of nitrogens with zero attached hydrogens (tertiary/aromatic N) is 1. The fraction of sp³-hybridized carbons (Fsp3) is 0.300. The van der Waals surface area contributed by atoms with E-state index in [0.29, 0.717) is 12.5 Å². The van der Waals surface area contributed by atoms with Gasteiger partial charge in [0.2, 0.25) is 5.91 Å². The zero-order valence-electron chi connectivity index (χ0n) is 9.00. The number of carbonyl (C=O) groups excluding carboxylic acids is 1. The third-order valence-electron chi connectivity index (χ3n) is 2.01. The van der Waals surface area contributed by atoms with Crippen LogP contribution in [0.4, 0.5) is 20.2 Å². The van der Waals surface area contributed by atoms with Crippen LogP contribution in [0, 0.1) is 21.7 Å². The maximum atomic E-state index is 13.3. The molecule has 0 bridgehead atoms. The number of nitrogens with one attached hydrogen (secondary N) is 1. The van der Waals surface area contributed by atoms with E-state index in [9.17, 15) is 23.7 Å². The fourth-order valence-corrected chi connectivity index (χ4v) is 1.24. The molecule has 0 unspecified atom stereocenters. The van der Waals surface area contributed by atoms with Gasteiger partial charge >= 0.3 is 0 Å². The molecule has 17 heavy (non-hydrogen) atoms. The highest BCUT2D eigenvalue weighted by Crippen LogP contribution is 2.29. The molecule has 0 radical (unpaired) electrons. The minimum atomic E-state index is -1.43. The summed E-state index contributed by atoms with van der Waals surface area (Å²) in [5.41, 5.74) is -1.40. The maximum Gasteiger partial charge on any atom is 0.296 e. The van der Waals surface area contributed by atoms with Gasteiger partial charge in [-0.1, -0.05) is 6.92 Å². The van der Waals surface area contributed by atoms with Gasteiger partial charge in [-0.15, -0.1) is 0 Å². The minimum absolute atomic E-state index is 0.0765. The molecule has 0 aliphatic carbocycles. The molecule has 0 saturated heterocycles. The normalized spacial score (nSPS) is 10.1. The van der Waals surface area contributed by atoms with Gasteiger partial charge in [0.1, 0.15) is 0 Å². The van der Waals surface area contributed by atoms with Crippen molar-refractivity contribution in [3.63, 3.8) is 0 Å². The SMILES string of the molecule is CCCC(=O)Nc1c([N+](=O)[O-])ccc(F)c1F. The van der Waals surface area contributed by atoms with Crippen molar-refractivity contribution in [3.8, 4) is 0 Å². The molecule has 0 heterocycles. The van der Waals surface area contributed by atoms with E-state index in [0.717, 1.165) is 6.07 Å². The first-order valence-electron chi connectivity index (χ1n) is 4.89. The largest absolute Gasteiger partial charge is 0.318 e.